The Hall–Kier alpha value is -0.300. The van der Waals surface area contributed by atoms with E-state index >= 15 is 0 Å². The van der Waals surface area contributed by atoms with Crippen LogP contribution < -0.4 is 0 Å². The highest BCUT2D eigenvalue weighted by Crippen LogP contribution is 2.62. The Morgan fingerprint density at radius 2 is 1.90 bits per heavy atom. The lowest BCUT2D eigenvalue weighted by Gasteiger charge is -2.58. The fraction of sp³-hybridized carbons (Fsp3) is 0.895. The molecule has 6 atom stereocenters. The summed E-state index contributed by atoms with van der Waals surface area (Å²) in [6.45, 7) is 4.97. The Balaban J connectivity index is 1.63. The molecular formula is C19H30O. The first kappa shape index (κ1) is 13.4. The summed E-state index contributed by atoms with van der Waals surface area (Å²) in [7, 11) is 0. The standard InChI is InChI=1S/C19H30O/c1-12-3-5-16-15(12)7-8-18-17(16)6-4-13-11-14(20)9-10-19(13,18)2/h13-14,16-18,20H,3-11H2,1-2H3/t13-,14+,16+,17-,18-,19-/m1/s1. The van der Waals surface area contributed by atoms with Gasteiger partial charge in [-0.1, -0.05) is 18.1 Å². The Kier molecular flexibility index (Phi) is 3.07. The second kappa shape index (κ2) is 4.60. The lowest BCUT2D eigenvalue weighted by Crippen LogP contribution is -2.50. The molecule has 0 aromatic rings. The van der Waals surface area contributed by atoms with E-state index in [0.717, 1.165) is 36.5 Å². The van der Waals surface area contributed by atoms with E-state index in [4.69, 9.17) is 0 Å². The van der Waals surface area contributed by atoms with Crippen molar-refractivity contribution >= 4 is 0 Å². The molecule has 0 aromatic carbocycles. The van der Waals surface area contributed by atoms with Gasteiger partial charge in [0.1, 0.15) is 0 Å². The van der Waals surface area contributed by atoms with E-state index in [1.807, 2.05) is 5.57 Å². The van der Waals surface area contributed by atoms with Gasteiger partial charge >= 0.3 is 0 Å². The molecule has 20 heavy (non-hydrogen) atoms. The van der Waals surface area contributed by atoms with E-state index in [-0.39, 0.29) is 6.10 Å². The van der Waals surface area contributed by atoms with Crippen LogP contribution in [0, 0.1) is 29.1 Å². The molecule has 112 valence electrons. The third kappa shape index (κ3) is 1.78. The van der Waals surface area contributed by atoms with Crippen molar-refractivity contribution in [3.05, 3.63) is 11.1 Å². The van der Waals surface area contributed by atoms with E-state index in [2.05, 4.69) is 13.8 Å². The first-order chi connectivity index (χ1) is 9.59. The summed E-state index contributed by atoms with van der Waals surface area (Å²) < 4.78 is 0. The minimum absolute atomic E-state index is 0.00241. The number of allylic oxidation sites excluding steroid dienone is 2. The summed E-state index contributed by atoms with van der Waals surface area (Å²) >= 11 is 0. The Morgan fingerprint density at radius 1 is 1.05 bits per heavy atom. The van der Waals surface area contributed by atoms with Crippen LogP contribution in [-0.2, 0) is 0 Å². The first-order valence-corrected chi connectivity index (χ1v) is 8.96. The van der Waals surface area contributed by atoms with Crippen molar-refractivity contribution in [3.63, 3.8) is 0 Å². The van der Waals surface area contributed by atoms with Gasteiger partial charge in [0.2, 0.25) is 0 Å². The lowest BCUT2D eigenvalue weighted by molar-refractivity contribution is -0.0897. The molecule has 0 saturated heterocycles. The van der Waals surface area contributed by atoms with Crippen LogP contribution in [-0.4, -0.2) is 11.2 Å². The third-order valence-electron chi connectivity index (χ3n) is 7.79. The maximum absolute atomic E-state index is 10.0. The van der Waals surface area contributed by atoms with Gasteiger partial charge < -0.3 is 5.11 Å². The number of aliphatic hydroxyl groups is 1. The topological polar surface area (TPSA) is 20.2 Å². The molecule has 0 amide bonds. The second-order valence-corrected chi connectivity index (χ2v) is 8.47. The molecule has 0 bridgehead atoms. The van der Waals surface area contributed by atoms with Crippen molar-refractivity contribution in [2.45, 2.75) is 77.7 Å². The largest absolute Gasteiger partial charge is 0.393 e. The maximum Gasteiger partial charge on any atom is 0.0543 e. The van der Waals surface area contributed by atoms with E-state index in [9.17, 15) is 5.11 Å². The summed E-state index contributed by atoms with van der Waals surface area (Å²) in [5, 5.41) is 10.0. The average molecular weight is 274 g/mol. The number of aliphatic hydroxyl groups excluding tert-OH is 1. The molecule has 1 heteroatoms. The zero-order valence-corrected chi connectivity index (χ0v) is 13.2. The number of rotatable bonds is 0. The minimum atomic E-state index is -0.00241. The quantitative estimate of drug-likeness (QED) is 0.635. The van der Waals surface area contributed by atoms with Gasteiger partial charge in [-0.3, -0.25) is 0 Å². The van der Waals surface area contributed by atoms with E-state index in [0.29, 0.717) is 5.41 Å². The van der Waals surface area contributed by atoms with E-state index in [1.54, 1.807) is 5.57 Å². The van der Waals surface area contributed by atoms with Gasteiger partial charge in [0.05, 0.1) is 6.10 Å². The van der Waals surface area contributed by atoms with Crippen molar-refractivity contribution < 1.29 is 5.11 Å². The summed E-state index contributed by atoms with van der Waals surface area (Å²) in [5.74, 6) is 3.68. The van der Waals surface area contributed by atoms with Crippen LogP contribution in [0.5, 0.6) is 0 Å². The van der Waals surface area contributed by atoms with E-state index in [1.165, 1.54) is 44.9 Å². The Labute approximate surface area is 123 Å². The molecule has 1 N–H and O–H groups in total. The van der Waals surface area contributed by atoms with E-state index < -0.39 is 0 Å². The van der Waals surface area contributed by atoms with Crippen LogP contribution in [0.1, 0.15) is 71.6 Å². The number of hydrogen-bond donors (Lipinski definition) is 1. The van der Waals surface area contributed by atoms with Crippen molar-refractivity contribution in [1.29, 1.82) is 0 Å². The fourth-order valence-electron chi connectivity index (χ4n) is 6.65. The van der Waals surface area contributed by atoms with Crippen molar-refractivity contribution in [3.8, 4) is 0 Å². The first-order valence-electron chi connectivity index (χ1n) is 8.96. The van der Waals surface area contributed by atoms with Crippen LogP contribution in [0.4, 0.5) is 0 Å². The molecule has 0 spiro atoms. The highest BCUT2D eigenvalue weighted by Gasteiger charge is 2.54. The van der Waals surface area contributed by atoms with Crippen LogP contribution >= 0.6 is 0 Å². The second-order valence-electron chi connectivity index (χ2n) is 8.47. The van der Waals surface area contributed by atoms with Crippen LogP contribution in [0.15, 0.2) is 11.1 Å². The molecule has 3 fully saturated rings. The normalized spacial score (nSPS) is 51.5. The maximum atomic E-state index is 10.0. The predicted molar refractivity (Wildman–Crippen MR) is 82.3 cm³/mol. The molecule has 0 radical (unpaired) electrons. The van der Waals surface area contributed by atoms with Gasteiger partial charge in [-0.15, -0.1) is 0 Å². The third-order valence-corrected chi connectivity index (χ3v) is 7.79. The average Bonchev–Trinajstić information content (AvgIpc) is 2.82. The SMILES string of the molecule is CC1=C2CC[C@@H]3[C@H](CC[C@@H]4C[C@@H](O)CC[C@]43C)[C@H]2CC1. The number of fused-ring (bicyclic) bond motifs is 5. The summed E-state index contributed by atoms with van der Waals surface area (Å²) in [6, 6.07) is 0. The summed E-state index contributed by atoms with van der Waals surface area (Å²) in [6.07, 6.45) is 11.9. The lowest BCUT2D eigenvalue weighted by atomic mass is 9.47. The smallest absolute Gasteiger partial charge is 0.0543 e. The highest BCUT2D eigenvalue weighted by atomic mass is 16.3. The monoisotopic (exact) mass is 274 g/mol. The zero-order chi connectivity index (χ0) is 13.9. The molecule has 0 aromatic heterocycles. The molecule has 4 aliphatic carbocycles. The molecule has 0 unspecified atom stereocenters. The van der Waals surface area contributed by atoms with Gasteiger partial charge in [0.15, 0.2) is 0 Å². The van der Waals surface area contributed by atoms with Gasteiger partial charge in [0.25, 0.3) is 0 Å². The zero-order valence-electron chi connectivity index (χ0n) is 13.2. The van der Waals surface area contributed by atoms with Crippen LogP contribution in [0.3, 0.4) is 0 Å². The molecule has 1 nitrogen and oxygen atoms in total. The number of hydrogen-bond acceptors (Lipinski definition) is 1. The predicted octanol–water partition coefficient (Wildman–Crippen LogP) is 4.70. The van der Waals surface area contributed by atoms with Gasteiger partial charge in [-0.25, -0.2) is 0 Å². The fourth-order valence-corrected chi connectivity index (χ4v) is 6.65. The molecular weight excluding hydrogens is 244 g/mol. The van der Waals surface area contributed by atoms with Gasteiger partial charge in [-0.2, -0.15) is 0 Å². The minimum Gasteiger partial charge on any atom is -0.393 e. The molecule has 4 aliphatic rings. The van der Waals surface area contributed by atoms with Crippen molar-refractivity contribution in [1.82, 2.24) is 0 Å². The molecule has 4 rings (SSSR count). The summed E-state index contributed by atoms with van der Waals surface area (Å²) in [4.78, 5) is 0. The van der Waals surface area contributed by atoms with Crippen LogP contribution in [0.2, 0.25) is 0 Å². The highest BCUT2D eigenvalue weighted by molar-refractivity contribution is 5.25. The molecule has 0 aliphatic heterocycles. The van der Waals surface area contributed by atoms with Gasteiger partial charge in [0, 0.05) is 0 Å². The molecule has 0 heterocycles. The van der Waals surface area contributed by atoms with Crippen molar-refractivity contribution in [2.75, 3.05) is 0 Å². The molecule has 3 saturated carbocycles. The van der Waals surface area contributed by atoms with Crippen LogP contribution in [0.25, 0.3) is 0 Å². The summed E-state index contributed by atoms with van der Waals surface area (Å²) in [5.41, 5.74) is 4.15. The Bertz CT molecular complexity index is 437. The van der Waals surface area contributed by atoms with Crippen molar-refractivity contribution in [2.24, 2.45) is 29.1 Å². The Morgan fingerprint density at radius 3 is 2.75 bits per heavy atom. The van der Waals surface area contributed by atoms with Gasteiger partial charge in [-0.05, 0) is 93.8 Å².